The molecule has 0 spiro atoms. The lowest BCUT2D eigenvalue weighted by Gasteiger charge is -2.42. The number of H-pyrrole nitrogens is 1. The van der Waals surface area contributed by atoms with Crippen LogP contribution in [0.15, 0.2) is 16.9 Å². The fraction of sp³-hybridized carbons (Fsp3) is 0.538. The maximum absolute atomic E-state index is 12.4. The number of carbonyl (C=O) groups is 1. The predicted molar refractivity (Wildman–Crippen MR) is 70.7 cm³/mol. The lowest BCUT2D eigenvalue weighted by Crippen LogP contribution is -2.55. The third kappa shape index (κ3) is 3.17. The number of aliphatic hydroxyl groups is 1. The Kier molecular flexibility index (Phi) is 3.82. The molecule has 20 heavy (non-hydrogen) atoms. The summed E-state index contributed by atoms with van der Waals surface area (Å²) in [7, 11) is 0. The SMILES string of the molecule is CC1(C)CN(C(=O)c2cc(O)[nH]c(=O)c2)CC(CO)O1. The standard InChI is InChI=1S/C13H18N2O5/c1-13(2)7-15(5-9(6-16)20-13)12(19)8-3-10(17)14-11(18)4-8/h3-4,9,16H,5-7H2,1-2H3,(H2,14,17,18). The number of nitrogens with one attached hydrogen (secondary N) is 1. The molecule has 1 aromatic heterocycles. The zero-order valence-electron chi connectivity index (χ0n) is 11.4. The minimum absolute atomic E-state index is 0.112. The van der Waals surface area contributed by atoms with Gasteiger partial charge < -0.3 is 19.8 Å². The molecule has 0 aromatic carbocycles. The minimum atomic E-state index is -0.579. The summed E-state index contributed by atoms with van der Waals surface area (Å²) in [4.78, 5) is 27.4. The van der Waals surface area contributed by atoms with Crippen LogP contribution >= 0.6 is 0 Å². The van der Waals surface area contributed by atoms with Crippen molar-refractivity contribution >= 4 is 5.91 Å². The van der Waals surface area contributed by atoms with Gasteiger partial charge >= 0.3 is 0 Å². The number of aromatic nitrogens is 1. The molecule has 7 heteroatoms. The molecule has 0 bridgehead atoms. The average Bonchev–Trinajstić information content (AvgIpc) is 2.34. The summed E-state index contributed by atoms with van der Waals surface area (Å²) in [6.07, 6.45) is -0.460. The third-order valence-electron chi connectivity index (χ3n) is 3.05. The fourth-order valence-corrected chi connectivity index (χ4v) is 2.38. The molecule has 110 valence electrons. The number of pyridine rings is 1. The maximum atomic E-state index is 12.4. The van der Waals surface area contributed by atoms with Gasteiger partial charge in [-0.15, -0.1) is 0 Å². The van der Waals surface area contributed by atoms with E-state index < -0.39 is 17.3 Å². The van der Waals surface area contributed by atoms with Crippen LogP contribution < -0.4 is 5.56 Å². The Hall–Kier alpha value is -1.86. The molecule has 2 heterocycles. The maximum Gasteiger partial charge on any atom is 0.254 e. The fourth-order valence-electron chi connectivity index (χ4n) is 2.38. The van der Waals surface area contributed by atoms with E-state index in [9.17, 15) is 19.8 Å². The van der Waals surface area contributed by atoms with Crippen molar-refractivity contribution in [3.63, 3.8) is 0 Å². The number of hydrogen-bond donors (Lipinski definition) is 3. The van der Waals surface area contributed by atoms with Crippen LogP contribution in [-0.4, -0.2) is 57.4 Å². The first-order valence-corrected chi connectivity index (χ1v) is 6.32. The molecule has 2 rings (SSSR count). The number of nitrogens with zero attached hydrogens (tertiary/aromatic N) is 1. The molecule has 0 radical (unpaired) electrons. The summed E-state index contributed by atoms with van der Waals surface area (Å²) >= 11 is 0. The van der Waals surface area contributed by atoms with Crippen LogP contribution in [0.2, 0.25) is 0 Å². The summed E-state index contributed by atoms with van der Waals surface area (Å²) in [5.41, 5.74) is -1.01. The topological polar surface area (TPSA) is 103 Å². The van der Waals surface area contributed by atoms with Crippen LogP contribution in [-0.2, 0) is 4.74 Å². The summed E-state index contributed by atoms with van der Waals surface area (Å²) in [5.74, 6) is -0.728. The van der Waals surface area contributed by atoms with E-state index in [1.54, 1.807) is 0 Å². The second-order valence-electron chi connectivity index (χ2n) is 5.49. The lowest BCUT2D eigenvalue weighted by atomic mass is 10.0. The summed E-state index contributed by atoms with van der Waals surface area (Å²) in [6.45, 7) is 4.05. The van der Waals surface area contributed by atoms with Gasteiger partial charge in [0, 0.05) is 25.2 Å². The largest absolute Gasteiger partial charge is 0.494 e. The van der Waals surface area contributed by atoms with Crippen molar-refractivity contribution in [2.24, 2.45) is 0 Å². The van der Waals surface area contributed by atoms with E-state index >= 15 is 0 Å². The van der Waals surface area contributed by atoms with Crippen LogP contribution in [0.1, 0.15) is 24.2 Å². The van der Waals surface area contributed by atoms with Crippen molar-refractivity contribution in [1.29, 1.82) is 0 Å². The number of aliphatic hydroxyl groups excluding tert-OH is 1. The van der Waals surface area contributed by atoms with Gasteiger partial charge in [0.15, 0.2) is 5.88 Å². The van der Waals surface area contributed by atoms with Crippen LogP contribution in [0, 0.1) is 0 Å². The normalized spacial score (nSPS) is 21.8. The minimum Gasteiger partial charge on any atom is -0.494 e. The van der Waals surface area contributed by atoms with Gasteiger partial charge in [0.1, 0.15) is 0 Å². The van der Waals surface area contributed by atoms with Gasteiger partial charge in [-0.2, -0.15) is 0 Å². The molecule has 1 atom stereocenters. The zero-order chi connectivity index (χ0) is 14.9. The Morgan fingerprint density at radius 2 is 2.25 bits per heavy atom. The zero-order valence-corrected chi connectivity index (χ0v) is 11.4. The second-order valence-corrected chi connectivity index (χ2v) is 5.49. The molecule has 7 nitrogen and oxygen atoms in total. The Bertz CT molecular complexity index is 566. The Balaban J connectivity index is 2.25. The number of ether oxygens (including phenoxy) is 1. The van der Waals surface area contributed by atoms with Crippen LogP contribution in [0.3, 0.4) is 0 Å². The van der Waals surface area contributed by atoms with Crippen LogP contribution in [0.5, 0.6) is 5.88 Å². The van der Waals surface area contributed by atoms with E-state index in [4.69, 9.17) is 4.74 Å². The van der Waals surface area contributed by atoms with Crippen molar-refractivity contribution in [3.8, 4) is 5.88 Å². The Morgan fingerprint density at radius 1 is 1.55 bits per heavy atom. The van der Waals surface area contributed by atoms with Crippen molar-refractivity contribution in [2.45, 2.75) is 25.6 Å². The van der Waals surface area contributed by atoms with E-state index in [2.05, 4.69) is 4.98 Å². The van der Waals surface area contributed by atoms with Crippen molar-refractivity contribution in [3.05, 3.63) is 28.0 Å². The van der Waals surface area contributed by atoms with Crippen molar-refractivity contribution < 1.29 is 19.7 Å². The highest BCUT2D eigenvalue weighted by molar-refractivity contribution is 5.94. The summed E-state index contributed by atoms with van der Waals surface area (Å²) < 4.78 is 5.63. The monoisotopic (exact) mass is 282 g/mol. The quantitative estimate of drug-likeness (QED) is 0.690. The molecule has 1 unspecified atom stereocenters. The lowest BCUT2D eigenvalue weighted by molar-refractivity contribution is -0.139. The molecule has 1 fully saturated rings. The van der Waals surface area contributed by atoms with E-state index in [0.717, 1.165) is 6.07 Å². The summed E-state index contributed by atoms with van der Waals surface area (Å²) in [5, 5.41) is 18.6. The van der Waals surface area contributed by atoms with Gasteiger partial charge in [0.25, 0.3) is 11.5 Å². The van der Waals surface area contributed by atoms with Crippen LogP contribution in [0.4, 0.5) is 0 Å². The highest BCUT2D eigenvalue weighted by Gasteiger charge is 2.35. The molecule has 1 aliphatic rings. The second kappa shape index (κ2) is 5.26. The smallest absolute Gasteiger partial charge is 0.254 e. The molecule has 1 aromatic rings. The molecule has 3 N–H and O–H groups in total. The van der Waals surface area contributed by atoms with Gasteiger partial charge in [-0.1, -0.05) is 0 Å². The molecular formula is C13H18N2O5. The van der Waals surface area contributed by atoms with E-state index in [1.165, 1.54) is 11.0 Å². The number of carbonyl (C=O) groups excluding carboxylic acids is 1. The van der Waals surface area contributed by atoms with Crippen LogP contribution in [0.25, 0.3) is 0 Å². The van der Waals surface area contributed by atoms with Gasteiger partial charge in [-0.05, 0) is 13.8 Å². The molecule has 1 saturated heterocycles. The van der Waals surface area contributed by atoms with Crippen molar-refractivity contribution in [1.82, 2.24) is 9.88 Å². The van der Waals surface area contributed by atoms with Gasteiger partial charge in [-0.25, -0.2) is 0 Å². The molecular weight excluding hydrogens is 264 g/mol. The first-order valence-electron chi connectivity index (χ1n) is 6.32. The third-order valence-corrected chi connectivity index (χ3v) is 3.05. The predicted octanol–water partition coefficient (Wildman–Crippen LogP) is -0.308. The Labute approximate surface area is 115 Å². The average molecular weight is 282 g/mol. The number of rotatable bonds is 2. The first-order chi connectivity index (χ1) is 9.30. The van der Waals surface area contributed by atoms with E-state index in [1.807, 2.05) is 13.8 Å². The molecule has 0 saturated carbocycles. The van der Waals surface area contributed by atoms with Gasteiger partial charge in [0.05, 0.1) is 23.9 Å². The van der Waals surface area contributed by atoms with E-state index in [-0.39, 0.29) is 30.5 Å². The molecule has 1 aliphatic heterocycles. The number of aromatic hydroxyl groups is 1. The van der Waals surface area contributed by atoms with Gasteiger partial charge in [-0.3, -0.25) is 14.6 Å². The Morgan fingerprint density at radius 3 is 2.85 bits per heavy atom. The highest BCUT2D eigenvalue weighted by atomic mass is 16.5. The number of morpholine rings is 1. The molecule has 1 amide bonds. The highest BCUT2D eigenvalue weighted by Crippen LogP contribution is 2.22. The number of amides is 1. The number of aromatic amines is 1. The van der Waals surface area contributed by atoms with Crippen molar-refractivity contribution in [2.75, 3.05) is 19.7 Å². The van der Waals surface area contributed by atoms with Gasteiger partial charge in [0.2, 0.25) is 0 Å². The number of hydrogen-bond acceptors (Lipinski definition) is 5. The summed E-state index contributed by atoms with van der Waals surface area (Å²) in [6, 6.07) is 2.35. The van der Waals surface area contributed by atoms with E-state index in [0.29, 0.717) is 6.54 Å². The first kappa shape index (κ1) is 14.5. The molecule has 0 aliphatic carbocycles.